The summed E-state index contributed by atoms with van der Waals surface area (Å²) in [6, 6.07) is 0. The summed E-state index contributed by atoms with van der Waals surface area (Å²) >= 11 is 0. The van der Waals surface area contributed by atoms with E-state index >= 15 is 0 Å². The van der Waals surface area contributed by atoms with Gasteiger partial charge in [0.25, 0.3) is 0 Å². The Morgan fingerprint density at radius 3 is 1.47 bits per heavy atom. The van der Waals surface area contributed by atoms with Gasteiger partial charge in [0, 0.05) is 5.41 Å². The predicted molar refractivity (Wildman–Crippen MR) is 56.7 cm³/mol. The van der Waals surface area contributed by atoms with Crippen LogP contribution in [0.4, 0.5) is 26.3 Å². The largest absolute Gasteiger partial charge is 0.238 e. The minimum atomic E-state index is -2.49. The van der Waals surface area contributed by atoms with Gasteiger partial charge in [0.1, 0.15) is 5.67 Å². The van der Waals surface area contributed by atoms with Crippen LogP contribution in [-0.4, -0.2) is 0 Å². The van der Waals surface area contributed by atoms with Crippen molar-refractivity contribution >= 4 is 0 Å². The predicted octanol–water partition coefficient (Wildman–Crippen LogP) is 4.76. The van der Waals surface area contributed by atoms with Gasteiger partial charge in [-0.15, -0.1) is 0 Å². The summed E-state index contributed by atoms with van der Waals surface area (Å²) in [6.45, 7) is 3.24. The molecule has 1 saturated carbocycles. The smallest absolute Gasteiger partial charge is 0.200 e. The molecule has 0 N–H and O–H groups in total. The molecule has 106 valence electrons. The lowest BCUT2D eigenvalue weighted by Gasteiger charge is -2.19. The van der Waals surface area contributed by atoms with Crippen molar-refractivity contribution in [1.29, 1.82) is 0 Å². The minimum absolute atomic E-state index is 0.231. The first-order valence-electron chi connectivity index (χ1n) is 5.96. The summed E-state index contributed by atoms with van der Waals surface area (Å²) in [6.07, 6.45) is 0.296. The van der Waals surface area contributed by atoms with Crippen LogP contribution in [0, 0.1) is 34.5 Å². The van der Waals surface area contributed by atoms with E-state index in [9.17, 15) is 26.3 Å². The maximum Gasteiger partial charge on any atom is 0.200 e. The van der Waals surface area contributed by atoms with Gasteiger partial charge in [0.05, 0.1) is 5.56 Å². The molecule has 6 heteroatoms. The molecule has 1 aromatic rings. The molecule has 1 unspecified atom stereocenters. The number of hydrogen-bond donors (Lipinski definition) is 0. The molecule has 0 bridgehead atoms. The normalized spacial score (nSPS) is 24.6. The molecule has 19 heavy (non-hydrogen) atoms. The summed E-state index contributed by atoms with van der Waals surface area (Å²) in [5.74, 6) is -10.6. The van der Waals surface area contributed by atoms with E-state index in [0.29, 0.717) is 0 Å². The maximum absolute atomic E-state index is 14.6. The van der Waals surface area contributed by atoms with E-state index in [2.05, 4.69) is 0 Å². The van der Waals surface area contributed by atoms with Crippen LogP contribution in [0.3, 0.4) is 0 Å². The standard InChI is InChI=1S/C13H12F6/c1-3-12(4-2)5-13(12,19)6-7(14)9(16)11(18)10(17)8(6)15/h3-5H2,1-2H3. The van der Waals surface area contributed by atoms with Crippen LogP contribution in [0.25, 0.3) is 0 Å². The maximum atomic E-state index is 14.6. The summed E-state index contributed by atoms with van der Waals surface area (Å²) in [5.41, 5.74) is -4.86. The van der Waals surface area contributed by atoms with Crippen molar-refractivity contribution in [1.82, 2.24) is 0 Å². The van der Waals surface area contributed by atoms with Gasteiger partial charge in [-0.2, -0.15) is 0 Å². The van der Waals surface area contributed by atoms with Gasteiger partial charge in [0.2, 0.25) is 5.82 Å². The number of alkyl halides is 1. The van der Waals surface area contributed by atoms with Gasteiger partial charge < -0.3 is 0 Å². The van der Waals surface area contributed by atoms with Gasteiger partial charge in [-0.05, 0) is 19.3 Å². The Morgan fingerprint density at radius 1 is 0.789 bits per heavy atom. The highest BCUT2D eigenvalue weighted by Crippen LogP contribution is 2.70. The van der Waals surface area contributed by atoms with Gasteiger partial charge in [-0.25, -0.2) is 26.3 Å². The molecule has 0 aliphatic heterocycles. The van der Waals surface area contributed by atoms with Crippen LogP contribution in [-0.2, 0) is 5.67 Å². The fourth-order valence-electron chi connectivity index (χ4n) is 2.79. The van der Waals surface area contributed by atoms with Crippen LogP contribution in [0.1, 0.15) is 38.7 Å². The van der Waals surface area contributed by atoms with Gasteiger partial charge in [-0.1, -0.05) is 13.8 Å². The second-order valence-electron chi connectivity index (χ2n) is 4.91. The number of benzene rings is 1. The van der Waals surface area contributed by atoms with Crippen molar-refractivity contribution in [2.45, 2.75) is 38.8 Å². The van der Waals surface area contributed by atoms with E-state index in [1.807, 2.05) is 0 Å². The lowest BCUT2D eigenvalue weighted by atomic mass is 9.91. The van der Waals surface area contributed by atoms with Crippen molar-refractivity contribution < 1.29 is 26.3 Å². The van der Waals surface area contributed by atoms with Crippen LogP contribution in [0.5, 0.6) is 0 Å². The highest BCUT2D eigenvalue weighted by Gasteiger charge is 2.69. The second kappa shape index (κ2) is 4.15. The highest BCUT2D eigenvalue weighted by molar-refractivity contribution is 5.38. The molecule has 0 spiro atoms. The molecule has 1 atom stereocenters. The molecule has 0 saturated heterocycles. The number of halogens is 6. The summed E-state index contributed by atoms with van der Waals surface area (Å²) in [7, 11) is 0. The summed E-state index contributed by atoms with van der Waals surface area (Å²) in [5, 5.41) is 0. The quantitative estimate of drug-likeness (QED) is 0.426. The van der Waals surface area contributed by atoms with E-state index in [4.69, 9.17) is 0 Å². The molecule has 1 aliphatic carbocycles. The molecule has 0 aromatic heterocycles. The van der Waals surface area contributed by atoms with Gasteiger partial charge in [-0.3, -0.25) is 0 Å². The van der Waals surface area contributed by atoms with E-state index < -0.39 is 45.7 Å². The van der Waals surface area contributed by atoms with Crippen LogP contribution >= 0.6 is 0 Å². The molecular formula is C13H12F6. The monoisotopic (exact) mass is 282 g/mol. The topological polar surface area (TPSA) is 0 Å². The zero-order chi connectivity index (χ0) is 14.6. The van der Waals surface area contributed by atoms with Crippen LogP contribution in [0.2, 0.25) is 0 Å². The van der Waals surface area contributed by atoms with Gasteiger partial charge >= 0.3 is 0 Å². The summed E-state index contributed by atoms with van der Waals surface area (Å²) in [4.78, 5) is 0. The molecule has 1 aromatic carbocycles. The van der Waals surface area contributed by atoms with E-state index in [-0.39, 0.29) is 19.3 Å². The first-order chi connectivity index (χ1) is 8.75. The van der Waals surface area contributed by atoms with E-state index in [1.54, 1.807) is 13.8 Å². The Morgan fingerprint density at radius 2 is 1.16 bits per heavy atom. The first-order valence-corrected chi connectivity index (χ1v) is 5.96. The van der Waals surface area contributed by atoms with Crippen molar-refractivity contribution in [3.8, 4) is 0 Å². The number of rotatable bonds is 3. The Hall–Kier alpha value is -1.20. The molecule has 0 heterocycles. The van der Waals surface area contributed by atoms with Crippen molar-refractivity contribution in [2.24, 2.45) is 5.41 Å². The van der Waals surface area contributed by atoms with E-state index in [0.717, 1.165) is 0 Å². The molecule has 0 nitrogen and oxygen atoms in total. The molecule has 1 aliphatic rings. The van der Waals surface area contributed by atoms with Crippen molar-refractivity contribution in [3.63, 3.8) is 0 Å². The molecule has 1 fully saturated rings. The average molecular weight is 282 g/mol. The molecular weight excluding hydrogens is 270 g/mol. The molecule has 0 radical (unpaired) electrons. The second-order valence-corrected chi connectivity index (χ2v) is 4.91. The zero-order valence-electron chi connectivity index (χ0n) is 10.4. The van der Waals surface area contributed by atoms with Gasteiger partial charge in [0.15, 0.2) is 23.3 Å². The van der Waals surface area contributed by atoms with Crippen molar-refractivity contribution in [3.05, 3.63) is 34.6 Å². The lowest BCUT2D eigenvalue weighted by Crippen LogP contribution is -2.19. The Balaban J connectivity index is 2.67. The Bertz CT molecular complexity index is 505. The van der Waals surface area contributed by atoms with E-state index in [1.165, 1.54) is 0 Å². The third-order valence-electron chi connectivity index (χ3n) is 4.26. The Labute approximate surface area is 106 Å². The zero-order valence-corrected chi connectivity index (χ0v) is 10.4. The fourth-order valence-corrected chi connectivity index (χ4v) is 2.79. The van der Waals surface area contributed by atoms with Crippen molar-refractivity contribution in [2.75, 3.05) is 0 Å². The fraction of sp³-hybridized carbons (Fsp3) is 0.538. The number of hydrogen-bond acceptors (Lipinski definition) is 0. The van der Waals surface area contributed by atoms with Crippen LogP contribution < -0.4 is 0 Å². The highest BCUT2D eigenvalue weighted by atomic mass is 19.2. The first kappa shape index (κ1) is 14.2. The molecule has 0 amide bonds. The molecule has 2 rings (SSSR count). The third-order valence-corrected chi connectivity index (χ3v) is 4.26. The van der Waals surface area contributed by atoms with Crippen LogP contribution in [0.15, 0.2) is 0 Å². The Kier molecular flexibility index (Phi) is 3.10. The average Bonchev–Trinajstić information content (AvgIpc) is 3.01. The minimum Gasteiger partial charge on any atom is -0.238 e. The SMILES string of the molecule is CCC1(CC)CC1(F)c1c(F)c(F)c(F)c(F)c1F. The third kappa shape index (κ3) is 1.61. The lowest BCUT2D eigenvalue weighted by molar-refractivity contribution is 0.196. The summed E-state index contributed by atoms with van der Waals surface area (Å²) < 4.78 is 80.9.